The van der Waals surface area contributed by atoms with Crippen LogP contribution < -0.4 is 30.5 Å². The van der Waals surface area contributed by atoms with E-state index in [2.05, 4.69) is 51.7 Å². The van der Waals surface area contributed by atoms with Gasteiger partial charge in [-0.3, -0.25) is 9.59 Å². The van der Waals surface area contributed by atoms with Crippen LogP contribution in [0.1, 0.15) is 41.6 Å². The minimum absolute atomic E-state index is 0.0111. The van der Waals surface area contributed by atoms with Gasteiger partial charge in [-0.25, -0.2) is 16.3 Å². The van der Waals surface area contributed by atoms with E-state index < -0.39 is 12.0 Å². The van der Waals surface area contributed by atoms with Crippen LogP contribution in [0.4, 0.5) is 0 Å². The van der Waals surface area contributed by atoms with Crippen LogP contribution in [0.15, 0.2) is 47.6 Å². The van der Waals surface area contributed by atoms with E-state index in [1.165, 1.54) is 54.8 Å². The molecule has 1 amide bonds. The van der Waals surface area contributed by atoms with Crippen LogP contribution in [0.25, 0.3) is 10.8 Å². The van der Waals surface area contributed by atoms with Gasteiger partial charge in [0.2, 0.25) is 5.75 Å². The van der Waals surface area contributed by atoms with E-state index in [0.717, 1.165) is 12.8 Å². The Morgan fingerprint density at radius 3 is 2.44 bits per heavy atom. The van der Waals surface area contributed by atoms with Crippen LogP contribution in [-0.2, 0) is 22.4 Å². The quantitative estimate of drug-likeness (QED) is 0.203. The molecule has 1 aliphatic heterocycles. The Bertz CT molecular complexity index is 1330. The summed E-state index contributed by atoms with van der Waals surface area (Å²) in [6.07, 6.45) is 4.24. The number of carbonyl (C=O) groups excluding carboxylic acids is 2. The molecule has 3 N–H and O–H groups in total. The van der Waals surface area contributed by atoms with Crippen LogP contribution in [0.3, 0.4) is 0 Å². The summed E-state index contributed by atoms with van der Waals surface area (Å²) in [6, 6.07) is 13.7. The van der Waals surface area contributed by atoms with Gasteiger partial charge in [0.15, 0.2) is 11.5 Å². The number of ether oxygens (including phenoxy) is 3. The maximum Gasteiger partial charge on any atom is 0.308 e. The second-order valence-electron chi connectivity index (χ2n) is 8.87. The van der Waals surface area contributed by atoms with Crippen molar-refractivity contribution in [3.05, 3.63) is 64.7 Å². The molecule has 2 aliphatic rings. The van der Waals surface area contributed by atoms with E-state index in [4.69, 9.17) is 14.2 Å². The van der Waals surface area contributed by atoms with Gasteiger partial charge in [0.1, 0.15) is 6.04 Å². The summed E-state index contributed by atoms with van der Waals surface area (Å²) in [5.74, 6) is 0.0689. The predicted molar refractivity (Wildman–Crippen MR) is 135 cm³/mol. The van der Waals surface area contributed by atoms with Gasteiger partial charge in [-0.15, -0.1) is 0 Å². The normalized spacial score (nSPS) is 18.5. The summed E-state index contributed by atoms with van der Waals surface area (Å²) < 4.78 is 15.8. The van der Waals surface area contributed by atoms with Crippen molar-refractivity contribution in [3.8, 4) is 17.2 Å². The summed E-state index contributed by atoms with van der Waals surface area (Å²) in [5.41, 5.74) is 13.6. The van der Waals surface area contributed by atoms with Crippen molar-refractivity contribution >= 4 is 28.9 Å². The van der Waals surface area contributed by atoms with Crippen molar-refractivity contribution in [2.24, 2.45) is 5.10 Å². The number of carbonyl (C=O) groups is 2. The fourth-order valence-electron chi connectivity index (χ4n) is 4.97. The number of nitrogens with one attached hydrogen (secondary N) is 3. The Morgan fingerprint density at radius 1 is 1.03 bits per heavy atom. The van der Waals surface area contributed by atoms with Crippen molar-refractivity contribution in [2.75, 3.05) is 14.2 Å². The highest BCUT2D eigenvalue weighted by atomic mass is 16.6. The SMILES string of the molecule is COc1cc(/C=N/NC(=O)C2CC(c3ccc4c5c(cccc35)CC4)NN2)cc(OC)c1OC(C)=O. The van der Waals surface area contributed by atoms with Crippen molar-refractivity contribution in [3.63, 3.8) is 0 Å². The highest BCUT2D eigenvalue weighted by Crippen LogP contribution is 2.39. The van der Waals surface area contributed by atoms with Crippen molar-refractivity contribution in [2.45, 2.75) is 38.3 Å². The van der Waals surface area contributed by atoms with Crippen molar-refractivity contribution in [1.29, 1.82) is 0 Å². The number of hydrogen-bond donors (Lipinski definition) is 3. The molecule has 1 fully saturated rings. The van der Waals surface area contributed by atoms with Gasteiger partial charge in [-0.1, -0.05) is 30.3 Å². The number of hydrazine groups is 1. The standard InChI is InChI=1S/C27H28N4O5/c1-15(32)36-26-23(34-2)11-16(12-24(26)35-3)14-28-31-27(33)22-13-21(29-30-22)19-10-9-18-8-7-17-5-4-6-20(19)25(17)18/h4-6,9-12,14,21-22,29-30H,7-8,13H2,1-3H3,(H,31,33)/b28-14+. The summed E-state index contributed by atoms with van der Waals surface area (Å²) in [4.78, 5) is 24.2. The Labute approximate surface area is 208 Å². The van der Waals surface area contributed by atoms with Crippen molar-refractivity contribution < 1.29 is 23.8 Å². The number of methoxy groups -OCH3 is 2. The number of hydrogen-bond acceptors (Lipinski definition) is 8. The van der Waals surface area contributed by atoms with E-state index in [1.807, 2.05) is 0 Å². The molecule has 186 valence electrons. The molecule has 9 heteroatoms. The van der Waals surface area contributed by atoms with E-state index >= 15 is 0 Å². The first-order valence-corrected chi connectivity index (χ1v) is 11.8. The molecule has 0 radical (unpaired) electrons. The third-order valence-corrected chi connectivity index (χ3v) is 6.62. The van der Waals surface area contributed by atoms with Crippen LogP contribution in [-0.4, -0.2) is 38.4 Å². The maximum atomic E-state index is 12.8. The zero-order valence-electron chi connectivity index (χ0n) is 20.4. The summed E-state index contributed by atoms with van der Waals surface area (Å²) >= 11 is 0. The van der Waals surface area contributed by atoms with Crippen molar-refractivity contribution in [1.82, 2.24) is 16.3 Å². The summed E-state index contributed by atoms with van der Waals surface area (Å²) in [7, 11) is 2.92. The minimum atomic E-state index is -0.492. The topological polar surface area (TPSA) is 110 Å². The van der Waals surface area contributed by atoms with Crippen LogP contribution in [0, 0.1) is 0 Å². The van der Waals surface area contributed by atoms with Gasteiger partial charge in [0.25, 0.3) is 5.91 Å². The number of amides is 1. The maximum absolute atomic E-state index is 12.8. The van der Waals surface area contributed by atoms with Gasteiger partial charge >= 0.3 is 5.97 Å². The molecule has 9 nitrogen and oxygen atoms in total. The van der Waals surface area contributed by atoms with Gasteiger partial charge < -0.3 is 14.2 Å². The average molecular weight is 489 g/mol. The molecule has 2 atom stereocenters. The lowest BCUT2D eigenvalue weighted by atomic mass is 9.93. The number of aryl methyl sites for hydroxylation is 2. The number of esters is 1. The smallest absolute Gasteiger partial charge is 0.308 e. The molecule has 0 aromatic heterocycles. The Hall–Kier alpha value is -3.95. The summed E-state index contributed by atoms with van der Waals surface area (Å²) in [6.45, 7) is 1.30. The molecule has 1 saturated heterocycles. The van der Waals surface area contributed by atoms with Crippen LogP contribution in [0.5, 0.6) is 17.2 Å². The Morgan fingerprint density at radius 2 is 1.75 bits per heavy atom. The minimum Gasteiger partial charge on any atom is -0.493 e. The fourth-order valence-corrected chi connectivity index (χ4v) is 4.97. The molecule has 2 unspecified atom stereocenters. The van der Waals surface area contributed by atoms with E-state index in [-0.39, 0.29) is 17.7 Å². The number of benzene rings is 3. The monoisotopic (exact) mass is 488 g/mol. The largest absolute Gasteiger partial charge is 0.493 e. The third-order valence-electron chi connectivity index (χ3n) is 6.62. The molecular formula is C27H28N4O5. The van der Waals surface area contributed by atoms with E-state index in [1.54, 1.807) is 12.1 Å². The Balaban J connectivity index is 1.26. The van der Waals surface area contributed by atoms with Gasteiger partial charge in [-0.05, 0) is 58.9 Å². The first-order valence-electron chi connectivity index (χ1n) is 11.8. The molecule has 3 aromatic carbocycles. The molecular weight excluding hydrogens is 460 g/mol. The molecule has 0 spiro atoms. The molecule has 1 aliphatic carbocycles. The van der Waals surface area contributed by atoms with Gasteiger partial charge in [0, 0.05) is 18.5 Å². The molecule has 1 heterocycles. The first-order chi connectivity index (χ1) is 17.5. The summed E-state index contributed by atoms with van der Waals surface area (Å²) in [5, 5.41) is 6.71. The lowest BCUT2D eigenvalue weighted by Crippen LogP contribution is -2.41. The molecule has 5 rings (SSSR count). The highest BCUT2D eigenvalue weighted by molar-refractivity contribution is 5.94. The molecule has 3 aromatic rings. The lowest BCUT2D eigenvalue weighted by Gasteiger charge is -2.14. The van der Waals surface area contributed by atoms with E-state index in [0.29, 0.717) is 23.5 Å². The average Bonchev–Trinajstić information content (AvgIpc) is 3.53. The van der Waals surface area contributed by atoms with Gasteiger partial charge in [-0.2, -0.15) is 5.10 Å². The first kappa shape index (κ1) is 23.8. The lowest BCUT2D eigenvalue weighted by molar-refractivity contribution is -0.132. The fraction of sp³-hybridized carbons (Fsp3) is 0.296. The second-order valence-corrected chi connectivity index (χ2v) is 8.87. The van der Waals surface area contributed by atoms with Crippen LogP contribution in [0.2, 0.25) is 0 Å². The zero-order valence-corrected chi connectivity index (χ0v) is 20.4. The Kier molecular flexibility index (Phi) is 6.58. The van der Waals surface area contributed by atoms with Gasteiger partial charge in [0.05, 0.1) is 20.4 Å². The highest BCUT2D eigenvalue weighted by Gasteiger charge is 2.31. The van der Waals surface area contributed by atoms with Crippen LogP contribution >= 0.6 is 0 Å². The van der Waals surface area contributed by atoms with E-state index in [9.17, 15) is 9.59 Å². The predicted octanol–water partition coefficient (Wildman–Crippen LogP) is 2.94. The number of nitrogens with zero attached hydrogens (tertiary/aromatic N) is 1. The second kappa shape index (κ2) is 9.96. The number of hydrazone groups is 1. The number of rotatable bonds is 7. The zero-order chi connectivity index (χ0) is 25.2. The molecule has 36 heavy (non-hydrogen) atoms. The molecule has 0 saturated carbocycles. The molecule has 0 bridgehead atoms. The third kappa shape index (κ3) is 4.50.